The summed E-state index contributed by atoms with van der Waals surface area (Å²) in [5.74, 6) is 0.947. The van der Waals surface area contributed by atoms with E-state index in [1.165, 1.54) is 50.9 Å². The zero-order chi connectivity index (χ0) is 14.7. The van der Waals surface area contributed by atoms with Crippen molar-refractivity contribution in [2.45, 2.75) is 51.2 Å². The average Bonchev–Trinajstić information content (AvgIpc) is 2.55. The summed E-state index contributed by atoms with van der Waals surface area (Å²) in [5, 5.41) is 0. The summed E-state index contributed by atoms with van der Waals surface area (Å²) in [6.07, 6.45) is 5.44. The monoisotopic (exact) mass is 288 g/mol. The second kappa shape index (κ2) is 6.80. The second-order valence-electron chi connectivity index (χ2n) is 6.48. The van der Waals surface area contributed by atoms with Crippen LogP contribution in [-0.2, 0) is 6.54 Å². The highest BCUT2D eigenvalue weighted by molar-refractivity contribution is 5.27. The molecule has 2 aliphatic heterocycles. The molecule has 0 radical (unpaired) electrons. The SMILES string of the molecule is CCC1CN2CCCCC2CN1Cc1ccc(OC)cc1. The standard InChI is InChI=1S/C18H28N2O/c1-3-16-13-19-11-5-4-6-17(19)14-20(16)12-15-7-9-18(21-2)10-8-15/h7-10,16-17H,3-6,11-14H2,1-2H3. The molecule has 0 N–H and O–H groups in total. The minimum Gasteiger partial charge on any atom is -0.497 e. The summed E-state index contributed by atoms with van der Waals surface area (Å²) >= 11 is 0. The van der Waals surface area contributed by atoms with Gasteiger partial charge in [0.05, 0.1) is 7.11 Å². The van der Waals surface area contributed by atoms with Gasteiger partial charge in [0.2, 0.25) is 0 Å². The lowest BCUT2D eigenvalue weighted by Crippen LogP contribution is -2.58. The molecule has 2 fully saturated rings. The lowest BCUT2D eigenvalue weighted by molar-refractivity contribution is 0.00327. The molecule has 0 aliphatic carbocycles. The molecule has 2 saturated heterocycles. The third kappa shape index (κ3) is 3.41. The molecule has 116 valence electrons. The summed E-state index contributed by atoms with van der Waals surface area (Å²) in [5.41, 5.74) is 1.40. The number of hydrogen-bond acceptors (Lipinski definition) is 3. The Labute approximate surface area is 128 Å². The van der Waals surface area contributed by atoms with Gasteiger partial charge in [0.1, 0.15) is 5.75 Å². The lowest BCUT2D eigenvalue weighted by atomic mass is 9.95. The Morgan fingerprint density at radius 2 is 1.95 bits per heavy atom. The van der Waals surface area contributed by atoms with Crippen molar-refractivity contribution in [1.82, 2.24) is 9.80 Å². The third-order valence-corrected chi connectivity index (χ3v) is 5.17. The fraction of sp³-hybridized carbons (Fsp3) is 0.667. The first-order valence-electron chi connectivity index (χ1n) is 8.41. The molecule has 0 spiro atoms. The molecule has 21 heavy (non-hydrogen) atoms. The van der Waals surface area contributed by atoms with Gasteiger partial charge in [-0.25, -0.2) is 0 Å². The summed E-state index contributed by atoms with van der Waals surface area (Å²) in [6.45, 7) is 7.22. The summed E-state index contributed by atoms with van der Waals surface area (Å²) in [4.78, 5) is 5.44. The van der Waals surface area contributed by atoms with Crippen LogP contribution in [0.25, 0.3) is 0 Å². The van der Waals surface area contributed by atoms with Crippen LogP contribution in [0, 0.1) is 0 Å². The molecule has 2 aliphatic rings. The van der Waals surface area contributed by atoms with Crippen molar-refractivity contribution >= 4 is 0 Å². The topological polar surface area (TPSA) is 15.7 Å². The Balaban J connectivity index is 1.67. The first kappa shape index (κ1) is 14.9. The number of piperazine rings is 1. The summed E-state index contributed by atoms with van der Waals surface area (Å²) in [7, 11) is 1.73. The van der Waals surface area contributed by atoms with Gasteiger partial charge in [-0.2, -0.15) is 0 Å². The van der Waals surface area contributed by atoms with Gasteiger partial charge in [-0.15, -0.1) is 0 Å². The van der Waals surface area contributed by atoms with E-state index in [9.17, 15) is 0 Å². The Hall–Kier alpha value is -1.06. The molecule has 3 heteroatoms. The van der Waals surface area contributed by atoms with Crippen LogP contribution in [-0.4, -0.2) is 48.6 Å². The van der Waals surface area contributed by atoms with Crippen molar-refractivity contribution in [3.05, 3.63) is 29.8 Å². The molecule has 3 nitrogen and oxygen atoms in total. The maximum absolute atomic E-state index is 5.25. The van der Waals surface area contributed by atoms with Crippen LogP contribution in [0.3, 0.4) is 0 Å². The number of methoxy groups -OCH3 is 1. The zero-order valence-electron chi connectivity index (χ0n) is 13.4. The Morgan fingerprint density at radius 3 is 2.67 bits per heavy atom. The van der Waals surface area contributed by atoms with Crippen LogP contribution in [0.2, 0.25) is 0 Å². The van der Waals surface area contributed by atoms with Crippen LogP contribution in [0.15, 0.2) is 24.3 Å². The maximum atomic E-state index is 5.25. The molecule has 3 rings (SSSR count). The number of hydrogen-bond donors (Lipinski definition) is 0. The molecule has 1 aromatic carbocycles. The Morgan fingerprint density at radius 1 is 1.14 bits per heavy atom. The first-order chi connectivity index (χ1) is 10.3. The highest BCUT2D eigenvalue weighted by Crippen LogP contribution is 2.26. The molecule has 2 heterocycles. The van der Waals surface area contributed by atoms with Gasteiger partial charge in [0.15, 0.2) is 0 Å². The predicted molar refractivity (Wildman–Crippen MR) is 86.7 cm³/mol. The Kier molecular flexibility index (Phi) is 4.81. The largest absolute Gasteiger partial charge is 0.497 e. The summed E-state index contributed by atoms with van der Waals surface area (Å²) < 4.78 is 5.25. The number of nitrogens with zero attached hydrogens (tertiary/aromatic N) is 2. The molecule has 0 bridgehead atoms. The van der Waals surface area contributed by atoms with E-state index in [0.29, 0.717) is 6.04 Å². The van der Waals surface area contributed by atoms with Gasteiger partial charge in [-0.05, 0) is 43.5 Å². The van der Waals surface area contributed by atoms with Gasteiger partial charge in [-0.3, -0.25) is 9.80 Å². The van der Waals surface area contributed by atoms with Crippen LogP contribution in [0.4, 0.5) is 0 Å². The number of fused-ring (bicyclic) bond motifs is 1. The second-order valence-corrected chi connectivity index (χ2v) is 6.48. The van der Waals surface area contributed by atoms with Crippen molar-refractivity contribution < 1.29 is 4.74 Å². The molecule has 2 atom stereocenters. The molecule has 0 aromatic heterocycles. The fourth-order valence-electron chi connectivity index (χ4n) is 3.86. The van der Waals surface area contributed by atoms with E-state index in [0.717, 1.165) is 18.3 Å². The molecule has 1 aromatic rings. The van der Waals surface area contributed by atoms with Crippen molar-refractivity contribution in [2.24, 2.45) is 0 Å². The first-order valence-corrected chi connectivity index (χ1v) is 8.41. The van der Waals surface area contributed by atoms with Gasteiger partial charge >= 0.3 is 0 Å². The zero-order valence-corrected chi connectivity index (χ0v) is 13.4. The normalized spacial score (nSPS) is 27.3. The minimum absolute atomic E-state index is 0.710. The van der Waals surface area contributed by atoms with E-state index in [1.54, 1.807) is 7.11 Å². The van der Waals surface area contributed by atoms with E-state index < -0.39 is 0 Å². The minimum atomic E-state index is 0.710. The van der Waals surface area contributed by atoms with Gasteiger partial charge < -0.3 is 4.74 Å². The smallest absolute Gasteiger partial charge is 0.118 e. The van der Waals surface area contributed by atoms with Crippen molar-refractivity contribution in [3.63, 3.8) is 0 Å². The van der Waals surface area contributed by atoms with E-state index in [-0.39, 0.29) is 0 Å². The third-order valence-electron chi connectivity index (χ3n) is 5.17. The van der Waals surface area contributed by atoms with Gasteiger partial charge in [-0.1, -0.05) is 25.5 Å². The van der Waals surface area contributed by atoms with Gasteiger partial charge in [0, 0.05) is 31.7 Å². The molecule has 2 unspecified atom stereocenters. The quantitative estimate of drug-likeness (QED) is 0.846. The van der Waals surface area contributed by atoms with E-state index in [4.69, 9.17) is 4.74 Å². The van der Waals surface area contributed by atoms with Gasteiger partial charge in [0.25, 0.3) is 0 Å². The van der Waals surface area contributed by atoms with Crippen LogP contribution < -0.4 is 4.74 Å². The predicted octanol–water partition coefficient (Wildman–Crippen LogP) is 3.14. The van der Waals surface area contributed by atoms with Crippen molar-refractivity contribution in [3.8, 4) is 5.75 Å². The van der Waals surface area contributed by atoms with Crippen LogP contribution >= 0.6 is 0 Å². The number of benzene rings is 1. The lowest BCUT2D eigenvalue weighted by Gasteiger charge is -2.48. The molecule has 0 amide bonds. The molecular weight excluding hydrogens is 260 g/mol. The fourth-order valence-corrected chi connectivity index (χ4v) is 3.86. The van der Waals surface area contributed by atoms with Crippen LogP contribution in [0.5, 0.6) is 5.75 Å². The highest BCUT2D eigenvalue weighted by Gasteiger charge is 2.33. The molecule has 0 saturated carbocycles. The number of piperidine rings is 1. The average molecular weight is 288 g/mol. The number of rotatable bonds is 4. The Bertz CT molecular complexity index is 445. The van der Waals surface area contributed by atoms with Crippen molar-refractivity contribution in [2.75, 3.05) is 26.7 Å². The van der Waals surface area contributed by atoms with Crippen molar-refractivity contribution in [1.29, 1.82) is 0 Å². The molecular formula is C18H28N2O. The maximum Gasteiger partial charge on any atom is 0.118 e. The van der Waals surface area contributed by atoms with Crippen LogP contribution in [0.1, 0.15) is 38.2 Å². The summed E-state index contributed by atoms with van der Waals surface area (Å²) in [6, 6.07) is 10.1. The van der Waals surface area contributed by atoms with E-state index >= 15 is 0 Å². The highest BCUT2D eigenvalue weighted by atomic mass is 16.5. The van der Waals surface area contributed by atoms with E-state index in [2.05, 4.69) is 41.0 Å². The van der Waals surface area contributed by atoms with E-state index in [1.807, 2.05) is 0 Å². The number of ether oxygens (including phenoxy) is 1.